The Balaban J connectivity index is 2.16. The predicted molar refractivity (Wildman–Crippen MR) is 85.6 cm³/mol. The second-order valence-electron chi connectivity index (χ2n) is 4.31. The number of nitrogens with zero attached hydrogens (tertiary/aromatic N) is 1. The summed E-state index contributed by atoms with van der Waals surface area (Å²) >= 11 is 11.8. The molecule has 1 N–H and O–H groups in total. The number of hydrazone groups is 1. The second-order valence-corrected chi connectivity index (χ2v) is 6.76. The van der Waals surface area contributed by atoms with Gasteiger partial charge in [0.15, 0.2) is 0 Å². The van der Waals surface area contributed by atoms with Crippen LogP contribution < -0.4 is 4.83 Å². The van der Waals surface area contributed by atoms with Gasteiger partial charge in [-0.15, -0.1) is 0 Å². The van der Waals surface area contributed by atoms with Crippen molar-refractivity contribution < 1.29 is 8.42 Å². The molecule has 0 aliphatic carbocycles. The second kappa shape index (κ2) is 6.47. The van der Waals surface area contributed by atoms with Crippen molar-refractivity contribution in [1.29, 1.82) is 0 Å². The van der Waals surface area contributed by atoms with Crippen LogP contribution in [0.1, 0.15) is 11.1 Å². The first-order chi connectivity index (χ1) is 9.90. The summed E-state index contributed by atoms with van der Waals surface area (Å²) in [6.07, 6.45) is 1.31. The average molecular weight is 343 g/mol. The maximum absolute atomic E-state index is 12.0. The van der Waals surface area contributed by atoms with E-state index in [1.54, 1.807) is 30.3 Å². The van der Waals surface area contributed by atoms with Gasteiger partial charge in [-0.05, 0) is 25.1 Å². The molecule has 0 saturated heterocycles. The van der Waals surface area contributed by atoms with Crippen LogP contribution in [0.5, 0.6) is 0 Å². The minimum atomic E-state index is -3.69. The van der Waals surface area contributed by atoms with Crippen LogP contribution in [0.3, 0.4) is 0 Å². The summed E-state index contributed by atoms with van der Waals surface area (Å²) in [6, 6.07) is 11.5. The molecule has 0 bridgehead atoms. The molecule has 2 aromatic rings. The first-order valence-corrected chi connectivity index (χ1v) is 8.19. The highest BCUT2D eigenvalue weighted by atomic mass is 35.5. The molecular weight excluding hydrogens is 331 g/mol. The molecule has 0 aromatic heterocycles. The van der Waals surface area contributed by atoms with E-state index in [0.29, 0.717) is 15.6 Å². The van der Waals surface area contributed by atoms with Crippen LogP contribution in [0.4, 0.5) is 0 Å². The van der Waals surface area contributed by atoms with Crippen LogP contribution in [0.2, 0.25) is 10.0 Å². The fraction of sp³-hybridized carbons (Fsp3) is 0.0714. The third-order valence-corrected chi connectivity index (χ3v) is 4.76. The number of hydrogen-bond donors (Lipinski definition) is 1. The summed E-state index contributed by atoms with van der Waals surface area (Å²) in [5, 5.41) is 4.40. The number of sulfonamides is 1. The quantitative estimate of drug-likeness (QED) is 0.681. The van der Waals surface area contributed by atoms with Crippen LogP contribution in [-0.2, 0) is 10.0 Å². The lowest BCUT2D eigenvalue weighted by atomic mass is 10.2. The van der Waals surface area contributed by atoms with Crippen molar-refractivity contribution in [2.45, 2.75) is 11.8 Å². The van der Waals surface area contributed by atoms with Gasteiger partial charge in [0, 0.05) is 5.56 Å². The third kappa shape index (κ3) is 3.97. The fourth-order valence-corrected chi connectivity index (χ4v) is 2.70. The molecule has 2 aromatic carbocycles. The molecule has 0 atom stereocenters. The summed E-state index contributed by atoms with van der Waals surface area (Å²) < 4.78 is 24.0. The molecule has 0 unspecified atom stereocenters. The Labute approximate surface area is 133 Å². The molecule has 0 amide bonds. The fourth-order valence-electron chi connectivity index (χ4n) is 1.56. The summed E-state index contributed by atoms with van der Waals surface area (Å²) in [4.78, 5) is 2.27. The smallest absolute Gasteiger partial charge is 0.200 e. The van der Waals surface area contributed by atoms with E-state index in [1.165, 1.54) is 18.3 Å². The van der Waals surface area contributed by atoms with E-state index in [9.17, 15) is 8.42 Å². The minimum Gasteiger partial charge on any atom is -0.200 e. The van der Waals surface area contributed by atoms with Crippen molar-refractivity contribution in [3.63, 3.8) is 0 Å². The van der Waals surface area contributed by atoms with Crippen LogP contribution in [-0.4, -0.2) is 14.6 Å². The first-order valence-electron chi connectivity index (χ1n) is 5.96. The van der Waals surface area contributed by atoms with Gasteiger partial charge in [-0.25, -0.2) is 4.83 Å². The predicted octanol–water partition coefficient (Wildman–Crippen LogP) is 3.61. The standard InChI is InChI=1S/C14H12Cl2N2O2S/c1-10-5-7-12(8-6-10)21(19,20)18-17-9-11-3-2-4-13(15)14(11)16/h2-9,18H,1H3/b17-9-. The summed E-state index contributed by atoms with van der Waals surface area (Å²) in [7, 11) is -3.69. The van der Waals surface area contributed by atoms with Gasteiger partial charge in [-0.2, -0.15) is 13.5 Å². The normalized spacial score (nSPS) is 11.8. The number of hydrogen-bond acceptors (Lipinski definition) is 3. The monoisotopic (exact) mass is 342 g/mol. The van der Waals surface area contributed by atoms with Crippen molar-refractivity contribution in [2.75, 3.05) is 0 Å². The Morgan fingerprint density at radius 1 is 1.10 bits per heavy atom. The Hall–Kier alpha value is -1.56. The van der Waals surface area contributed by atoms with Crippen molar-refractivity contribution in [3.8, 4) is 0 Å². The van der Waals surface area contributed by atoms with Crippen molar-refractivity contribution in [3.05, 3.63) is 63.6 Å². The van der Waals surface area contributed by atoms with Gasteiger partial charge in [0.05, 0.1) is 21.2 Å². The number of aryl methyl sites for hydroxylation is 1. The van der Waals surface area contributed by atoms with Gasteiger partial charge >= 0.3 is 0 Å². The molecule has 4 nitrogen and oxygen atoms in total. The molecular formula is C14H12Cl2N2O2S. The molecule has 0 heterocycles. The topological polar surface area (TPSA) is 58.5 Å². The zero-order valence-corrected chi connectivity index (χ0v) is 13.4. The zero-order chi connectivity index (χ0) is 15.5. The Bertz CT molecular complexity index is 772. The summed E-state index contributed by atoms with van der Waals surface area (Å²) in [6.45, 7) is 1.88. The highest BCUT2D eigenvalue weighted by molar-refractivity contribution is 7.89. The highest BCUT2D eigenvalue weighted by Gasteiger charge is 2.11. The lowest BCUT2D eigenvalue weighted by Crippen LogP contribution is -2.18. The Morgan fingerprint density at radius 2 is 1.76 bits per heavy atom. The molecule has 0 fully saturated rings. The molecule has 2 rings (SSSR count). The maximum Gasteiger partial charge on any atom is 0.276 e. The lowest BCUT2D eigenvalue weighted by Gasteiger charge is -2.04. The van der Waals surface area contributed by atoms with Crippen LogP contribution >= 0.6 is 23.2 Å². The molecule has 0 aliphatic heterocycles. The van der Waals surface area contributed by atoms with E-state index in [-0.39, 0.29) is 4.90 Å². The first kappa shape index (κ1) is 15.8. The number of benzene rings is 2. The number of halogens is 2. The van der Waals surface area contributed by atoms with E-state index < -0.39 is 10.0 Å². The molecule has 0 aliphatic rings. The highest BCUT2D eigenvalue weighted by Crippen LogP contribution is 2.24. The van der Waals surface area contributed by atoms with Crippen molar-refractivity contribution >= 4 is 39.4 Å². The van der Waals surface area contributed by atoms with Gasteiger partial charge in [0.2, 0.25) is 0 Å². The third-order valence-electron chi connectivity index (χ3n) is 2.69. The van der Waals surface area contributed by atoms with Gasteiger partial charge in [0.25, 0.3) is 10.0 Å². The van der Waals surface area contributed by atoms with E-state index in [4.69, 9.17) is 23.2 Å². The van der Waals surface area contributed by atoms with E-state index in [2.05, 4.69) is 9.93 Å². The minimum absolute atomic E-state index is 0.141. The van der Waals surface area contributed by atoms with Crippen molar-refractivity contribution in [2.24, 2.45) is 5.10 Å². The zero-order valence-electron chi connectivity index (χ0n) is 11.0. The summed E-state index contributed by atoms with van der Waals surface area (Å²) in [5.41, 5.74) is 1.50. The van der Waals surface area contributed by atoms with E-state index >= 15 is 0 Å². The van der Waals surface area contributed by atoms with Gasteiger partial charge in [-0.3, -0.25) is 0 Å². The molecule has 0 saturated carbocycles. The van der Waals surface area contributed by atoms with Gasteiger partial charge < -0.3 is 0 Å². The van der Waals surface area contributed by atoms with E-state index in [1.807, 2.05) is 6.92 Å². The Kier molecular flexibility index (Phi) is 4.88. The molecule has 7 heteroatoms. The number of rotatable bonds is 4. The molecule has 21 heavy (non-hydrogen) atoms. The maximum atomic E-state index is 12.0. The summed E-state index contributed by atoms with van der Waals surface area (Å²) in [5.74, 6) is 0. The molecule has 0 radical (unpaired) electrons. The van der Waals surface area contributed by atoms with Crippen LogP contribution in [0, 0.1) is 6.92 Å². The van der Waals surface area contributed by atoms with Gasteiger partial charge in [0.1, 0.15) is 0 Å². The largest absolute Gasteiger partial charge is 0.276 e. The lowest BCUT2D eigenvalue weighted by molar-refractivity contribution is 0.584. The molecule has 0 spiro atoms. The van der Waals surface area contributed by atoms with Crippen molar-refractivity contribution in [1.82, 2.24) is 4.83 Å². The SMILES string of the molecule is Cc1ccc(S(=O)(=O)N/N=C\c2cccc(Cl)c2Cl)cc1. The molecule has 110 valence electrons. The number of nitrogens with one attached hydrogen (secondary N) is 1. The average Bonchev–Trinajstić information content (AvgIpc) is 2.44. The van der Waals surface area contributed by atoms with Crippen LogP contribution in [0.25, 0.3) is 0 Å². The van der Waals surface area contributed by atoms with Crippen LogP contribution in [0.15, 0.2) is 52.5 Å². The van der Waals surface area contributed by atoms with E-state index in [0.717, 1.165) is 5.56 Å². The Morgan fingerprint density at radius 3 is 2.43 bits per heavy atom. The van der Waals surface area contributed by atoms with Gasteiger partial charge in [-0.1, -0.05) is 53.0 Å².